The Morgan fingerprint density at radius 1 is 1.03 bits per heavy atom. The number of benzene rings is 2. The predicted molar refractivity (Wildman–Crippen MR) is 110 cm³/mol. The Morgan fingerprint density at radius 3 is 2.53 bits per heavy atom. The third-order valence-corrected chi connectivity index (χ3v) is 4.60. The zero-order valence-corrected chi connectivity index (χ0v) is 16.9. The fraction of sp³-hybridized carbons (Fsp3) is 0.318. The van der Waals surface area contributed by atoms with E-state index in [-0.39, 0.29) is 31.1 Å². The quantitative estimate of drug-likeness (QED) is 0.646. The molecule has 1 atom stereocenters. The average molecular weight is 412 g/mol. The van der Waals surface area contributed by atoms with E-state index in [1.165, 1.54) is 0 Å². The van der Waals surface area contributed by atoms with Gasteiger partial charge in [-0.05, 0) is 36.2 Å². The van der Waals surface area contributed by atoms with E-state index in [1.807, 2.05) is 43.3 Å². The summed E-state index contributed by atoms with van der Waals surface area (Å²) in [4.78, 5) is 36.3. The summed E-state index contributed by atoms with van der Waals surface area (Å²) in [5.41, 5.74) is 0.463. The van der Waals surface area contributed by atoms with Gasteiger partial charge >= 0.3 is 18.0 Å². The van der Waals surface area contributed by atoms with Crippen molar-refractivity contribution in [2.75, 3.05) is 19.8 Å². The van der Waals surface area contributed by atoms with E-state index in [2.05, 4.69) is 10.6 Å². The molecule has 2 N–H and O–H groups in total. The minimum Gasteiger partial charge on any atom is -0.482 e. The van der Waals surface area contributed by atoms with Crippen LogP contribution in [0.4, 0.5) is 4.79 Å². The molecule has 2 aromatic carbocycles. The largest absolute Gasteiger partial charge is 0.482 e. The third kappa shape index (κ3) is 5.08. The Morgan fingerprint density at radius 2 is 1.80 bits per heavy atom. The SMILES string of the molecule is CCOC(=O)C1=C(COC(=O)COc2ccc3ccccc3c2)NC(=O)N[C@H]1CC. The molecule has 8 nitrogen and oxygen atoms in total. The van der Waals surface area contributed by atoms with Crippen LogP contribution in [0.3, 0.4) is 0 Å². The van der Waals surface area contributed by atoms with Crippen molar-refractivity contribution in [1.29, 1.82) is 0 Å². The average Bonchev–Trinajstić information content (AvgIpc) is 2.75. The molecule has 0 radical (unpaired) electrons. The molecule has 0 saturated carbocycles. The number of carbonyl (C=O) groups excluding carboxylic acids is 3. The van der Waals surface area contributed by atoms with Crippen molar-refractivity contribution >= 4 is 28.7 Å². The Hall–Kier alpha value is -3.55. The van der Waals surface area contributed by atoms with Crippen LogP contribution in [0.1, 0.15) is 20.3 Å². The lowest BCUT2D eigenvalue weighted by Gasteiger charge is -2.28. The van der Waals surface area contributed by atoms with Crippen LogP contribution in [0.15, 0.2) is 53.7 Å². The normalized spacial score (nSPS) is 15.9. The zero-order valence-electron chi connectivity index (χ0n) is 16.9. The molecule has 0 unspecified atom stereocenters. The molecule has 0 fully saturated rings. The number of ether oxygens (including phenoxy) is 3. The van der Waals surface area contributed by atoms with E-state index in [4.69, 9.17) is 14.2 Å². The Balaban J connectivity index is 1.63. The summed E-state index contributed by atoms with van der Waals surface area (Å²) >= 11 is 0. The Bertz CT molecular complexity index is 985. The number of hydrogen-bond acceptors (Lipinski definition) is 6. The van der Waals surface area contributed by atoms with Crippen LogP contribution in [0, 0.1) is 0 Å². The predicted octanol–water partition coefficient (Wildman–Crippen LogP) is 2.67. The second kappa shape index (κ2) is 9.78. The lowest BCUT2D eigenvalue weighted by molar-refractivity contribution is -0.145. The smallest absolute Gasteiger partial charge is 0.344 e. The highest BCUT2D eigenvalue weighted by molar-refractivity contribution is 5.95. The van der Waals surface area contributed by atoms with Gasteiger partial charge in [-0.2, -0.15) is 0 Å². The van der Waals surface area contributed by atoms with Crippen molar-refractivity contribution in [3.63, 3.8) is 0 Å². The Labute approximate surface area is 174 Å². The summed E-state index contributed by atoms with van der Waals surface area (Å²) in [6.45, 7) is 3.15. The van der Waals surface area contributed by atoms with Crippen molar-refractivity contribution < 1.29 is 28.6 Å². The van der Waals surface area contributed by atoms with Crippen molar-refractivity contribution in [2.24, 2.45) is 0 Å². The van der Waals surface area contributed by atoms with Crippen LogP contribution in [0.5, 0.6) is 5.75 Å². The van der Waals surface area contributed by atoms with Gasteiger partial charge in [0.15, 0.2) is 6.61 Å². The van der Waals surface area contributed by atoms with Gasteiger partial charge in [0, 0.05) is 0 Å². The molecular formula is C22H24N2O6. The highest BCUT2D eigenvalue weighted by atomic mass is 16.6. The van der Waals surface area contributed by atoms with Crippen LogP contribution < -0.4 is 15.4 Å². The van der Waals surface area contributed by atoms with Crippen LogP contribution in [0.25, 0.3) is 10.8 Å². The van der Waals surface area contributed by atoms with E-state index in [1.54, 1.807) is 13.0 Å². The van der Waals surface area contributed by atoms with Gasteiger partial charge in [-0.1, -0.05) is 37.3 Å². The molecular weight excluding hydrogens is 388 g/mol. The lowest BCUT2D eigenvalue weighted by Crippen LogP contribution is -2.51. The highest BCUT2D eigenvalue weighted by Gasteiger charge is 2.32. The van der Waals surface area contributed by atoms with Crippen LogP contribution in [-0.2, 0) is 19.1 Å². The molecule has 30 heavy (non-hydrogen) atoms. The molecule has 8 heteroatoms. The molecule has 1 aliphatic rings. The second-order valence-electron chi connectivity index (χ2n) is 6.63. The summed E-state index contributed by atoms with van der Waals surface area (Å²) < 4.78 is 15.8. The zero-order chi connectivity index (χ0) is 21.5. The number of carbonyl (C=O) groups is 3. The van der Waals surface area contributed by atoms with E-state index < -0.39 is 24.0 Å². The maximum atomic E-state index is 12.3. The monoisotopic (exact) mass is 412 g/mol. The fourth-order valence-corrected chi connectivity index (χ4v) is 3.17. The number of rotatable bonds is 8. The molecule has 3 rings (SSSR count). The highest BCUT2D eigenvalue weighted by Crippen LogP contribution is 2.21. The summed E-state index contributed by atoms with van der Waals surface area (Å²) in [5, 5.41) is 7.25. The second-order valence-corrected chi connectivity index (χ2v) is 6.63. The van der Waals surface area contributed by atoms with Crippen LogP contribution >= 0.6 is 0 Å². The van der Waals surface area contributed by atoms with E-state index in [9.17, 15) is 14.4 Å². The van der Waals surface area contributed by atoms with Gasteiger partial charge in [-0.25, -0.2) is 14.4 Å². The summed E-state index contributed by atoms with van der Waals surface area (Å²) in [5.74, 6) is -0.645. The molecule has 0 spiro atoms. The number of amides is 2. The minimum absolute atomic E-state index is 0.194. The van der Waals surface area contributed by atoms with Gasteiger partial charge in [-0.3, -0.25) is 0 Å². The number of urea groups is 1. The molecule has 0 saturated heterocycles. The van der Waals surface area contributed by atoms with Gasteiger partial charge in [0.2, 0.25) is 0 Å². The van der Waals surface area contributed by atoms with Crippen LogP contribution in [0.2, 0.25) is 0 Å². The topological polar surface area (TPSA) is 103 Å². The Kier molecular flexibility index (Phi) is 6.90. The first kappa shape index (κ1) is 21.2. The van der Waals surface area contributed by atoms with E-state index >= 15 is 0 Å². The van der Waals surface area contributed by atoms with E-state index in [0.717, 1.165) is 10.8 Å². The van der Waals surface area contributed by atoms with Gasteiger partial charge < -0.3 is 24.8 Å². The third-order valence-electron chi connectivity index (χ3n) is 4.60. The maximum Gasteiger partial charge on any atom is 0.344 e. The fourth-order valence-electron chi connectivity index (χ4n) is 3.17. The molecule has 0 bridgehead atoms. The van der Waals surface area contributed by atoms with E-state index in [0.29, 0.717) is 12.2 Å². The first-order valence-electron chi connectivity index (χ1n) is 9.76. The van der Waals surface area contributed by atoms with Crippen molar-refractivity contribution in [2.45, 2.75) is 26.3 Å². The molecule has 0 aliphatic carbocycles. The number of hydrogen-bond donors (Lipinski definition) is 2. The first-order chi connectivity index (χ1) is 14.5. The summed E-state index contributed by atoms with van der Waals surface area (Å²) in [7, 11) is 0. The molecule has 158 valence electrons. The lowest BCUT2D eigenvalue weighted by atomic mass is 10.0. The molecule has 0 aromatic heterocycles. The van der Waals surface area contributed by atoms with Gasteiger partial charge in [0.25, 0.3) is 0 Å². The summed E-state index contributed by atoms with van der Waals surface area (Å²) in [6.07, 6.45) is 0.490. The van der Waals surface area contributed by atoms with Crippen molar-refractivity contribution in [3.8, 4) is 5.75 Å². The van der Waals surface area contributed by atoms with Crippen molar-refractivity contribution in [1.82, 2.24) is 10.6 Å². The van der Waals surface area contributed by atoms with Crippen LogP contribution in [-0.4, -0.2) is 43.8 Å². The standard InChI is InChI=1S/C22H24N2O6/c1-3-17-20(21(26)28-4-2)18(24-22(27)23-17)12-30-19(25)13-29-16-10-9-14-7-5-6-8-15(14)11-16/h5-11,17H,3-4,12-13H2,1-2H3,(H2,23,24,27)/t17-/m0/s1. The molecule has 2 amide bonds. The first-order valence-corrected chi connectivity index (χ1v) is 9.76. The van der Waals surface area contributed by atoms with Crippen molar-refractivity contribution in [3.05, 3.63) is 53.7 Å². The molecule has 1 heterocycles. The maximum absolute atomic E-state index is 12.3. The molecule has 1 aliphatic heterocycles. The number of fused-ring (bicyclic) bond motifs is 1. The van der Waals surface area contributed by atoms with Gasteiger partial charge in [-0.15, -0.1) is 0 Å². The number of nitrogens with one attached hydrogen (secondary N) is 2. The molecule has 2 aromatic rings. The van der Waals surface area contributed by atoms with Gasteiger partial charge in [0.1, 0.15) is 12.4 Å². The van der Waals surface area contributed by atoms with Gasteiger partial charge in [0.05, 0.1) is 23.9 Å². The summed E-state index contributed by atoms with van der Waals surface area (Å²) in [6, 6.07) is 12.3. The minimum atomic E-state index is -0.625. The number of esters is 2.